The van der Waals surface area contributed by atoms with Crippen molar-refractivity contribution in [1.29, 1.82) is 0 Å². The van der Waals surface area contributed by atoms with Gasteiger partial charge in [0.2, 0.25) is 12.1 Å². The molecule has 18 heavy (non-hydrogen) atoms. The Morgan fingerprint density at radius 2 is 2.50 bits per heavy atom. The van der Waals surface area contributed by atoms with E-state index in [1.54, 1.807) is 11.6 Å². The summed E-state index contributed by atoms with van der Waals surface area (Å²) in [4.78, 5) is 14.2. The zero-order valence-electron chi connectivity index (χ0n) is 10.8. The van der Waals surface area contributed by atoms with Gasteiger partial charge in [-0.3, -0.25) is 4.57 Å². The lowest BCUT2D eigenvalue weighted by atomic mass is 9.83. The fourth-order valence-corrected chi connectivity index (χ4v) is 2.32. The predicted octanol–water partition coefficient (Wildman–Crippen LogP) is 1.13. The van der Waals surface area contributed by atoms with Crippen molar-refractivity contribution in [3.63, 3.8) is 0 Å². The average Bonchev–Trinajstić information content (AvgIpc) is 2.69. The lowest BCUT2D eigenvalue weighted by molar-refractivity contribution is -0.388. The van der Waals surface area contributed by atoms with Gasteiger partial charge in [0.1, 0.15) is 0 Å². The SMILES string of the molecule is Cn1cnc([N+](=O)[O-])c1NCC1(C)CCCNC1. The van der Waals surface area contributed by atoms with Gasteiger partial charge in [0.05, 0.1) is 0 Å². The molecular weight excluding hydrogens is 234 g/mol. The van der Waals surface area contributed by atoms with Crippen LogP contribution in [0.2, 0.25) is 0 Å². The first-order chi connectivity index (χ1) is 8.52. The Kier molecular flexibility index (Phi) is 3.51. The maximum Gasteiger partial charge on any atom is 0.406 e. The molecule has 0 spiro atoms. The Bertz CT molecular complexity index is 437. The molecule has 0 saturated carbocycles. The molecule has 7 heteroatoms. The van der Waals surface area contributed by atoms with Gasteiger partial charge in [-0.1, -0.05) is 6.92 Å². The molecule has 0 aromatic carbocycles. The smallest absolute Gasteiger partial charge is 0.364 e. The van der Waals surface area contributed by atoms with E-state index in [0.717, 1.165) is 25.9 Å². The number of nitrogens with zero attached hydrogens (tertiary/aromatic N) is 3. The van der Waals surface area contributed by atoms with Crippen LogP contribution in [-0.4, -0.2) is 34.1 Å². The monoisotopic (exact) mass is 253 g/mol. The lowest BCUT2D eigenvalue weighted by Crippen LogP contribution is -2.42. The van der Waals surface area contributed by atoms with E-state index in [1.165, 1.54) is 6.33 Å². The second-order valence-electron chi connectivity index (χ2n) is 5.23. The molecule has 1 unspecified atom stereocenters. The Labute approximate surface area is 106 Å². The van der Waals surface area contributed by atoms with Crippen molar-refractivity contribution < 1.29 is 4.92 Å². The summed E-state index contributed by atoms with van der Waals surface area (Å²) in [7, 11) is 1.75. The van der Waals surface area contributed by atoms with Crippen LogP contribution in [0.4, 0.5) is 11.6 Å². The molecule has 2 heterocycles. The number of anilines is 1. The first kappa shape index (κ1) is 12.8. The van der Waals surface area contributed by atoms with Gasteiger partial charge in [-0.05, 0) is 34.7 Å². The molecule has 1 atom stereocenters. The van der Waals surface area contributed by atoms with Crippen LogP contribution >= 0.6 is 0 Å². The van der Waals surface area contributed by atoms with Crippen molar-refractivity contribution in [2.24, 2.45) is 12.5 Å². The summed E-state index contributed by atoms with van der Waals surface area (Å²) in [5.41, 5.74) is 0.135. The van der Waals surface area contributed by atoms with E-state index in [-0.39, 0.29) is 11.2 Å². The van der Waals surface area contributed by atoms with Gasteiger partial charge >= 0.3 is 5.82 Å². The number of piperidine rings is 1. The zero-order chi connectivity index (χ0) is 13.2. The fraction of sp³-hybridized carbons (Fsp3) is 0.727. The fourth-order valence-electron chi connectivity index (χ4n) is 2.32. The van der Waals surface area contributed by atoms with E-state index in [2.05, 4.69) is 22.5 Å². The van der Waals surface area contributed by atoms with E-state index in [0.29, 0.717) is 12.4 Å². The van der Waals surface area contributed by atoms with Crippen LogP contribution in [0.1, 0.15) is 19.8 Å². The number of nitro groups is 1. The van der Waals surface area contributed by atoms with E-state index < -0.39 is 4.92 Å². The molecule has 0 bridgehead atoms. The molecule has 2 rings (SSSR count). The van der Waals surface area contributed by atoms with Crippen molar-refractivity contribution in [2.45, 2.75) is 19.8 Å². The van der Waals surface area contributed by atoms with Gasteiger partial charge in [0, 0.05) is 20.1 Å². The minimum atomic E-state index is -0.455. The second kappa shape index (κ2) is 4.93. The standard InChI is InChI=1S/C11H19N5O2/c1-11(4-3-5-12-6-11)7-13-9-10(16(17)18)14-8-15(9)2/h8,12-13H,3-7H2,1-2H3. The van der Waals surface area contributed by atoms with Gasteiger partial charge in [0.15, 0.2) is 0 Å². The molecule has 7 nitrogen and oxygen atoms in total. The van der Waals surface area contributed by atoms with Crippen LogP contribution in [0.15, 0.2) is 6.33 Å². The highest BCUT2D eigenvalue weighted by Gasteiger charge is 2.28. The van der Waals surface area contributed by atoms with Crippen LogP contribution in [-0.2, 0) is 7.05 Å². The van der Waals surface area contributed by atoms with Gasteiger partial charge in [-0.25, -0.2) is 0 Å². The normalized spacial score (nSPS) is 23.9. The summed E-state index contributed by atoms with van der Waals surface area (Å²) in [5, 5.41) is 17.4. The molecule has 0 radical (unpaired) electrons. The quantitative estimate of drug-likeness (QED) is 0.620. The second-order valence-corrected chi connectivity index (χ2v) is 5.23. The summed E-state index contributed by atoms with van der Waals surface area (Å²) in [6.45, 7) is 4.89. The molecule has 2 N–H and O–H groups in total. The Morgan fingerprint density at radius 3 is 3.11 bits per heavy atom. The Balaban J connectivity index is 2.05. The third kappa shape index (κ3) is 2.61. The Morgan fingerprint density at radius 1 is 1.72 bits per heavy atom. The molecule has 1 fully saturated rings. The van der Waals surface area contributed by atoms with Crippen molar-refractivity contribution in [1.82, 2.24) is 14.9 Å². The van der Waals surface area contributed by atoms with Crippen molar-refractivity contribution in [2.75, 3.05) is 25.0 Å². The molecule has 0 amide bonds. The van der Waals surface area contributed by atoms with Gasteiger partial charge < -0.3 is 20.7 Å². The largest absolute Gasteiger partial charge is 0.406 e. The van der Waals surface area contributed by atoms with Gasteiger partial charge in [-0.15, -0.1) is 0 Å². The van der Waals surface area contributed by atoms with Crippen LogP contribution in [0.5, 0.6) is 0 Å². The molecule has 1 aliphatic rings. The molecule has 1 saturated heterocycles. The highest BCUT2D eigenvalue weighted by atomic mass is 16.6. The average molecular weight is 253 g/mol. The number of aryl methyl sites for hydroxylation is 1. The van der Waals surface area contributed by atoms with Crippen LogP contribution in [0, 0.1) is 15.5 Å². The van der Waals surface area contributed by atoms with Crippen molar-refractivity contribution >= 4 is 11.6 Å². The molecule has 1 aliphatic heterocycles. The van der Waals surface area contributed by atoms with E-state index >= 15 is 0 Å². The molecule has 100 valence electrons. The maximum absolute atomic E-state index is 10.8. The first-order valence-electron chi connectivity index (χ1n) is 6.12. The number of hydrogen-bond acceptors (Lipinski definition) is 5. The van der Waals surface area contributed by atoms with Gasteiger partial charge in [0.25, 0.3) is 0 Å². The summed E-state index contributed by atoms with van der Waals surface area (Å²) < 4.78 is 1.65. The molecular formula is C11H19N5O2. The number of hydrogen-bond donors (Lipinski definition) is 2. The van der Waals surface area contributed by atoms with Crippen LogP contribution < -0.4 is 10.6 Å². The van der Waals surface area contributed by atoms with Crippen LogP contribution in [0.3, 0.4) is 0 Å². The number of aromatic nitrogens is 2. The Hall–Kier alpha value is -1.63. The summed E-state index contributed by atoms with van der Waals surface area (Å²) >= 11 is 0. The highest BCUT2D eigenvalue weighted by molar-refractivity contribution is 5.52. The van der Waals surface area contributed by atoms with Crippen molar-refractivity contribution in [3.05, 3.63) is 16.4 Å². The highest BCUT2D eigenvalue weighted by Crippen LogP contribution is 2.28. The predicted molar refractivity (Wildman–Crippen MR) is 68.6 cm³/mol. The van der Waals surface area contributed by atoms with E-state index in [9.17, 15) is 10.1 Å². The summed E-state index contributed by atoms with van der Waals surface area (Å²) in [6, 6.07) is 0. The summed E-state index contributed by atoms with van der Waals surface area (Å²) in [5.74, 6) is 0.372. The van der Waals surface area contributed by atoms with E-state index in [4.69, 9.17) is 0 Å². The lowest BCUT2D eigenvalue weighted by Gasteiger charge is -2.34. The molecule has 1 aromatic rings. The third-order valence-electron chi connectivity index (χ3n) is 3.46. The van der Waals surface area contributed by atoms with Crippen LogP contribution in [0.25, 0.3) is 0 Å². The molecule has 0 aliphatic carbocycles. The van der Waals surface area contributed by atoms with Crippen molar-refractivity contribution in [3.8, 4) is 0 Å². The minimum absolute atomic E-state index is 0.107. The maximum atomic E-state index is 10.8. The number of rotatable bonds is 4. The van der Waals surface area contributed by atoms with Gasteiger partial charge in [-0.2, -0.15) is 0 Å². The zero-order valence-corrected chi connectivity index (χ0v) is 10.8. The topological polar surface area (TPSA) is 85.0 Å². The van der Waals surface area contributed by atoms with E-state index in [1.807, 2.05) is 0 Å². The molecule has 1 aromatic heterocycles. The number of nitrogens with one attached hydrogen (secondary N) is 2. The minimum Gasteiger partial charge on any atom is -0.364 e. The number of imidazole rings is 1. The third-order valence-corrected chi connectivity index (χ3v) is 3.46. The summed E-state index contributed by atoms with van der Waals surface area (Å²) in [6.07, 6.45) is 3.73. The first-order valence-corrected chi connectivity index (χ1v) is 6.12.